The Hall–Kier alpha value is -1.93. The molecule has 29 heavy (non-hydrogen) atoms. The maximum atomic E-state index is 6.27. The van der Waals surface area contributed by atoms with Crippen LogP contribution in [0.2, 0.25) is 10.0 Å². The predicted molar refractivity (Wildman–Crippen MR) is 121 cm³/mol. The molecular formula is C20H22Cl2N6S. The molecular weight excluding hydrogens is 427 g/mol. The van der Waals surface area contributed by atoms with Gasteiger partial charge in [0.1, 0.15) is 0 Å². The lowest BCUT2D eigenvalue weighted by atomic mass is 10.0. The maximum Gasteiger partial charge on any atom is 0.225 e. The summed E-state index contributed by atoms with van der Waals surface area (Å²) >= 11 is 18.0. The fourth-order valence-corrected chi connectivity index (χ4v) is 4.27. The van der Waals surface area contributed by atoms with Crippen molar-refractivity contribution in [3.63, 3.8) is 0 Å². The van der Waals surface area contributed by atoms with Gasteiger partial charge in [-0.25, -0.2) is 9.97 Å². The molecule has 9 heteroatoms. The van der Waals surface area contributed by atoms with Crippen LogP contribution in [0.15, 0.2) is 36.7 Å². The van der Waals surface area contributed by atoms with E-state index in [0.717, 1.165) is 55.5 Å². The summed E-state index contributed by atoms with van der Waals surface area (Å²) in [6.45, 7) is 5.78. The zero-order valence-electron chi connectivity index (χ0n) is 16.0. The molecule has 2 aromatic heterocycles. The minimum atomic E-state index is 0.0103. The van der Waals surface area contributed by atoms with Gasteiger partial charge in [0.15, 0.2) is 4.77 Å². The van der Waals surface area contributed by atoms with Crippen LogP contribution < -0.4 is 10.2 Å². The number of piperazine rings is 1. The summed E-state index contributed by atoms with van der Waals surface area (Å²) in [6.07, 6.45) is 4.56. The lowest BCUT2D eigenvalue weighted by Crippen LogP contribution is -2.44. The van der Waals surface area contributed by atoms with Gasteiger partial charge in [-0.3, -0.25) is 0 Å². The molecule has 1 saturated heterocycles. The highest BCUT2D eigenvalue weighted by Crippen LogP contribution is 2.32. The van der Waals surface area contributed by atoms with Gasteiger partial charge in [-0.2, -0.15) is 0 Å². The topological polar surface area (TPSA) is 61.8 Å². The van der Waals surface area contributed by atoms with E-state index in [-0.39, 0.29) is 6.04 Å². The second-order valence-electron chi connectivity index (χ2n) is 6.93. The van der Waals surface area contributed by atoms with E-state index >= 15 is 0 Å². The zero-order valence-corrected chi connectivity index (χ0v) is 18.4. The smallest absolute Gasteiger partial charge is 0.225 e. The van der Waals surface area contributed by atoms with Crippen LogP contribution in [0, 0.1) is 4.77 Å². The molecule has 0 bridgehead atoms. The van der Waals surface area contributed by atoms with E-state index < -0.39 is 0 Å². The molecule has 0 radical (unpaired) electrons. The molecule has 1 aliphatic rings. The first-order chi connectivity index (χ1) is 14.1. The molecule has 0 aliphatic carbocycles. The van der Waals surface area contributed by atoms with Crippen LogP contribution in [0.5, 0.6) is 0 Å². The van der Waals surface area contributed by atoms with Crippen LogP contribution in [-0.2, 0) is 0 Å². The van der Waals surface area contributed by atoms with Gasteiger partial charge in [0.2, 0.25) is 5.95 Å². The Bertz CT molecular complexity index is 1060. The Morgan fingerprint density at radius 3 is 2.69 bits per heavy atom. The second kappa shape index (κ2) is 8.83. The molecule has 4 rings (SSSR count). The van der Waals surface area contributed by atoms with Crippen molar-refractivity contribution in [2.75, 3.05) is 31.1 Å². The third-order valence-electron chi connectivity index (χ3n) is 5.14. The summed E-state index contributed by atoms with van der Waals surface area (Å²) in [4.78, 5) is 14.7. The number of hydrogen-bond acceptors (Lipinski definition) is 5. The van der Waals surface area contributed by atoms with Crippen molar-refractivity contribution < 1.29 is 0 Å². The highest BCUT2D eigenvalue weighted by molar-refractivity contribution is 7.71. The van der Waals surface area contributed by atoms with Crippen molar-refractivity contribution in [3.8, 4) is 11.4 Å². The molecule has 3 heterocycles. The molecule has 0 saturated carbocycles. The van der Waals surface area contributed by atoms with Crippen molar-refractivity contribution >= 4 is 41.4 Å². The standard InChI is InChI=1S/C20H22Cl2N6S/c1-2-17(13-3-4-14(21)15(22)11-13)28-18(12-25-20(28)29)16-5-6-24-19(26-16)27-9-7-23-8-10-27/h3-6,11-12,17,23H,2,7-10H2,1H3,(H,25,29). The normalized spacial score (nSPS) is 15.5. The summed E-state index contributed by atoms with van der Waals surface area (Å²) < 4.78 is 2.74. The first kappa shape index (κ1) is 20.3. The maximum absolute atomic E-state index is 6.27. The highest BCUT2D eigenvalue weighted by atomic mass is 35.5. The molecule has 6 nitrogen and oxygen atoms in total. The van der Waals surface area contributed by atoms with Crippen molar-refractivity contribution in [2.24, 2.45) is 0 Å². The number of imidazole rings is 1. The number of anilines is 1. The van der Waals surface area contributed by atoms with Crippen LogP contribution in [0.1, 0.15) is 24.9 Å². The van der Waals surface area contributed by atoms with Gasteiger partial charge in [-0.05, 0) is 42.4 Å². The van der Waals surface area contributed by atoms with Crippen LogP contribution >= 0.6 is 35.4 Å². The lowest BCUT2D eigenvalue weighted by Gasteiger charge is -2.27. The van der Waals surface area contributed by atoms with Crippen LogP contribution in [-0.4, -0.2) is 45.7 Å². The van der Waals surface area contributed by atoms with E-state index in [9.17, 15) is 0 Å². The Labute approximate surface area is 184 Å². The quantitative estimate of drug-likeness (QED) is 0.552. The summed E-state index contributed by atoms with van der Waals surface area (Å²) in [5, 5.41) is 4.43. The molecule has 0 amide bonds. The monoisotopic (exact) mass is 448 g/mol. The third kappa shape index (κ3) is 4.19. The molecule has 1 unspecified atom stereocenters. The van der Waals surface area contributed by atoms with E-state index in [1.54, 1.807) is 6.20 Å². The number of benzene rings is 1. The van der Waals surface area contributed by atoms with Crippen molar-refractivity contribution in [1.82, 2.24) is 24.8 Å². The van der Waals surface area contributed by atoms with Crippen LogP contribution in [0.3, 0.4) is 0 Å². The Morgan fingerprint density at radius 2 is 1.97 bits per heavy atom. The molecule has 1 fully saturated rings. The minimum Gasteiger partial charge on any atom is -0.338 e. The van der Waals surface area contributed by atoms with Gasteiger partial charge in [0.25, 0.3) is 0 Å². The third-order valence-corrected chi connectivity index (χ3v) is 6.20. The molecule has 0 spiro atoms. The Kier molecular flexibility index (Phi) is 6.20. The SMILES string of the molecule is CCC(c1ccc(Cl)c(Cl)c1)n1c(-c2ccnc(N3CCNCC3)n2)c[nH]c1=S. The van der Waals surface area contributed by atoms with Gasteiger partial charge in [-0.15, -0.1) is 0 Å². The number of nitrogens with zero attached hydrogens (tertiary/aromatic N) is 4. The molecule has 1 aromatic carbocycles. The summed E-state index contributed by atoms with van der Waals surface area (Å²) in [7, 11) is 0. The van der Waals surface area contributed by atoms with E-state index in [0.29, 0.717) is 14.8 Å². The predicted octanol–water partition coefficient (Wildman–Crippen LogP) is 4.72. The number of H-pyrrole nitrogens is 1. The fourth-order valence-electron chi connectivity index (χ4n) is 3.68. The molecule has 3 aromatic rings. The van der Waals surface area contributed by atoms with E-state index in [1.807, 2.05) is 30.5 Å². The van der Waals surface area contributed by atoms with Gasteiger partial charge >= 0.3 is 0 Å². The van der Waals surface area contributed by atoms with Crippen LogP contribution in [0.4, 0.5) is 5.95 Å². The minimum absolute atomic E-state index is 0.0103. The van der Waals surface area contributed by atoms with Crippen molar-refractivity contribution in [1.29, 1.82) is 0 Å². The average molecular weight is 449 g/mol. The van der Waals surface area contributed by atoms with Gasteiger partial charge < -0.3 is 19.8 Å². The second-order valence-corrected chi connectivity index (χ2v) is 8.13. The Morgan fingerprint density at radius 1 is 1.17 bits per heavy atom. The zero-order chi connectivity index (χ0) is 20.4. The van der Waals surface area contributed by atoms with Crippen molar-refractivity contribution in [3.05, 3.63) is 57.0 Å². The summed E-state index contributed by atoms with van der Waals surface area (Å²) in [6, 6.07) is 7.65. The number of hydrogen-bond donors (Lipinski definition) is 2. The summed E-state index contributed by atoms with van der Waals surface area (Å²) in [5.74, 6) is 0.741. The van der Waals surface area contributed by atoms with Gasteiger partial charge in [0, 0.05) is 38.6 Å². The first-order valence-corrected chi connectivity index (χ1v) is 10.8. The molecule has 2 N–H and O–H groups in total. The molecule has 1 aliphatic heterocycles. The number of halogens is 2. The molecule has 152 valence electrons. The number of rotatable bonds is 5. The number of aromatic amines is 1. The van der Waals surface area contributed by atoms with Gasteiger partial charge in [-0.1, -0.05) is 36.2 Å². The average Bonchev–Trinajstić information content (AvgIpc) is 3.13. The van der Waals surface area contributed by atoms with E-state index in [1.165, 1.54) is 0 Å². The van der Waals surface area contributed by atoms with Crippen molar-refractivity contribution in [2.45, 2.75) is 19.4 Å². The van der Waals surface area contributed by atoms with Crippen LogP contribution in [0.25, 0.3) is 11.4 Å². The largest absolute Gasteiger partial charge is 0.338 e. The Balaban J connectivity index is 1.75. The molecule has 1 atom stereocenters. The number of aromatic nitrogens is 4. The van der Waals surface area contributed by atoms with Gasteiger partial charge in [0.05, 0.1) is 27.5 Å². The highest BCUT2D eigenvalue weighted by Gasteiger charge is 2.20. The lowest BCUT2D eigenvalue weighted by molar-refractivity contribution is 0.563. The summed E-state index contributed by atoms with van der Waals surface area (Å²) in [5.41, 5.74) is 2.81. The fraction of sp³-hybridized carbons (Fsp3) is 0.350. The first-order valence-electron chi connectivity index (χ1n) is 9.62. The number of nitrogens with one attached hydrogen (secondary N) is 2. The van der Waals surface area contributed by atoms with E-state index in [2.05, 4.69) is 31.7 Å². The van der Waals surface area contributed by atoms with E-state index in [4.69, 9.17) is 40.4 Å².